The first-order chi connectivity index (χ1) is 16.0. The molecule has 0 unspecified atom stereocenters. The minimum absolute atomic E-state index is 0.0623. The predicted molar refractivity (Wildman–Crippen MR) is 131 cm³/mol. The van der Waals surface area contributed by atoms with Crippen LogP contribution in [0.15, 0.2) is 42.5 Å². The van der Waals surface area contributed by atoms with Crippen LogP contribution in [0.2, 0.25) is 0 Å². The number of aryl methyl sites for hydroxylation is 1. The van der Waals surface area contributed by atoms with Gasteiger partial charge in [0.25, 0.3) is 0 Å². The molecule has 0 aliphatic carbocycles. The van der Waals surface area contributed by atoms with E-state index in [2.05, 4.69) is 45.7 Å². The second-order valence-electron chi connectivity index (χ2n) is 8.79. The Hall–Kier alpha value is -3.06. The zero-order valence-corrected chi connectivity index (χ0v) is 19.6. The van der Waals surface area contributed by atoms with E-state index in [4.69, 9.17) is 4.74 Å². The summed E-state index contributed by atoms with van der Waals surface area (Å²) in [5, 5.41) is 5.54. The monoisotopic (exact) mass is 450 g/mol. The van der Waals surface area contributed by atoms with Crippen LogP contribution in [0.5, 0.6) is 5.75 Å². The lowest BCUT2D eigenvalue weighted by molar-refractivity contribution is -0.136. The lowest BCUT2D eigenvalue weighted by Crippen LogP contribution is -2.41. The fourth-order valence-electron chi connectivity index (χ4n) is 4.78. The number of benzene rings is 2. The molecule has 2 N–H and O–H groups in total. The van der Waals surface area contributed by atoms with E-state index in [1.165, 1.54) is 16.8 Å². The molecule has 33 heavy (non-hydrogen) atoms. The van der Waals surface area contributed by atoms with Crippen LogP contribution in [0.1, 0.15) is 43.4 Å². The number of anilines is 2. The average molecular weight is 451 g/mol. The third kappa shape index (κ3) is 5.66. The standard InChI is InChI=1S/C26H34N4O3/c1-3-33-22-11-9-21(10-12-22)28-26(32)25(31)27-18-24(30-15-4-5-16-30)20-8-13-23-19(17-20)7-6-14-29(23)2/h8-13,17,24H,3-7,14-16,18H2,1-2H3,(H,27,31)(H,28,32)/t24-/m0/s1. The zero-order valence-electron chi connectivity index (χ0n) is 19.6. The molecular formula is C26H34N4O3. The van der Waals surface area contributed by atoms with Crippen molar-refractivity contribution in [2.24, 2.45) is 0 Å². The van der Waals surface area contributed by atoms with Gasteiger partial charge in [-0.3, -0.25) is 14.5 Å². The molecule has 2 heterocycles. The highest BCUT2D eigenvalue weighted by Crippen LogP contribution is 2.31. The maximum Gasteiger partial charge on any atom is 0.313 e. The first-order valence-electron chi connectivity index (χ1n) is 11.9. The summed E-state index contributed by atoms with van der Waals surface area (Å²) in [6.45, 7) is 6.00. The topological polar surface area (TPSA) is 73.9 Å². The van der Waals surface area contributed by atoms with Gasteiger partial charge in [-0.05, 0) is 87.2 Å². The Balaban J connectivity index is 1.41. The van der Waals surface area contributed by atoms with Crippen LogP contribution in [0.3, 0.4) is 0 Å². The summed E-state index contributed by atoms with van der Waals surface area (Å²) in [6.07, 6.45) is 4.56. The van der Waals surface area contributed by atoms with Crippen molar-refractivity contribution in [3.05, 3.63) is 53.6 Å². The summed E-state index contributed by atoms with van der Waals surface area (Å²) < 4.78 is 5.41. The molecule has 2 amide bonds. The van der Waals surface area contributed by atoms with Gasteiger partial charge in [-0.1, -0.05) is 12.1 Å². The van der Waals surface area contributed by atoms with E-state index >= 15 is 0 Å². The van der Waals surface area contributed by atoms with Crippen molar-refractivity contribution in [3.8, 4) is 5.75 Å². The number of nitrogens with zero attached hydrogens (tertiary/aromatic N) is 2. The van der Waals surface area contributed by atoms with Gasteiger partial charge >= 0.3 is 11.8 Å². The predicted octanol–water partition coefficient (Wildman–Crippen LogP) is 3.36. The minimum atomic E-state index is -0.661. The van der Waals surface area contributed by atoms with E-state index in [1.54, 1.807) is 24.3 Å². The second kappa shape index (κ2) is 10.7. The van der Waals surface area contributed by atoms with E-state index in [0.29, 0.717) is 18.8 Å². The molecule has 2 aliphatic rings. The molecule has 0 radical (unpaired) electrons. The second-order valence-corrected chi connectivity index (χ2v) is 8.79. The number of nitrogens with one attached hydrogen (secondary N) is 2. The van der Waals surface area contributed by atoms with E-state index < -0.39 is 11.8 Å². The van der Waals surface area contributed by atoms with Crippen molar-refractivity contribution < 1.29 is 14.3 Å². The Kier molecular flexibility index (Phi) is 7.50. The Morgan fingerprint density at radius 3 is 2.48 bits per heavy atom. The molecule has 2 aromatic carbocycles. The number of carbonyl (C=O) groups is 2. The Morgan fingerprint density at radius 1 is 1.00 bits per heavy atom. The molecule has 0 spiro atoms. The van der Waals surface area contributed by atoms with Gasteiger partial charge in [0, 0.05) is 31.5 Å². The SMILES string of the molecule is CCOc1ccc(NC(=O)C(=O)NC[C@@H](c2ccc3c(c2)CCCN3C)N2CCCC2)cc1. The molecule has 1 saturated heterocycles. The number of amides is 2. The van der Waals surface area contributed by atoms with E-state index in [9.17, 15) is 9.59 Å². The first kappa shape index (κ1) is 23.1. The number of fused-ring (bicyclic) bond motifs is 1. The van der Waals surface area contributed by atoms with Gasteiger partial charge in [-0.15, -0.1) is 0 Å². The van der Waals surface area contributed by atoms with Crippen LogP contribution in [0, 0.1) is 0 Å². The molecule has 7 nitrogen and oxygen atoms in total. The third-order valence-electron chi connectivity index (χ3n) is 6.51. The van der Waals surface area contributed by atoms with Crippen molar-refractivity contribution in [3.63, 3.8) is 0 Å². The Bertz CT molecular complexity index is 970. The lowest BCUT2D eigenvalue weighted by Gasteiger charge is -2.31. The van der Waals surface area contributed by atoms with Gasteiger partial charge in [0.1, 0.15) is 5.75 Å². The summed E-state index contributed by atoms with van der Waals surface area (Å²) in [5.74, 6) is -0.554. The summed E-state index contributed by atoms with van der Waals surface area (Å²) in [5.41, 5.74) is 4.43. The number of carbonyl (C=O) groups excluding carboxylic acids is 2. The molecule has 2 aromatic rings. The molecule has 0 saturated carbocycles. The van der Waals surface area contributed by atoms with Crippen LogP contribution in [0.4, 0.5) is 11.4 Å². The highest BCUT2D eigenvalue weighted by atomic mass is 16.5. The minimum Gasteiger partial charge on any atom is -0.494 e. The van der Waals surface area contributed by atoms with Gasteiger partial charge in [0.2, 0.25) is 0 Å². The van der Waals surface area contributed by atoms with Gasteiger partial charge in [-0.25, -0.2) is 0 Å². The van der Waals surface area contributed by atoms with Crippen LogP contribution < -0.4 is 20.3 Å². The average Bonchev–Trinajstić information content (AvgIpc) is 3.35. The van der Waals surface area contributed by atoms with Gasteiger partial charge < -0.3 is 20.3 Å². The quantitative estimate of drug-likeness (QED) is 0.633. The van der Waals surface area contributed by atoms with Gasteiger partial charge in [0.15, 0.2) is 0 Å². The third-order valence-corrected chi connectivity index (χ3v) is 6.51. The van der Waals surface area contributed by atoms with E-state index in [0.717, 1.165) is 51.1 Å². The highest BCUT2D eigenvalue weighted by Gasteiger charge is 2.26. The maximum atomic E-state index is 12.6. The lowest BCUT2D eigenvalue weighted by atomic mass is 9.96. The largest absolute Gasteiger partial charge is 0.494 e. The summed E-state index contributed by atoms with van der Waals surface area (Å²) in [7, 11) is 2.14. The van der Waals surface area contributed by atoms with Crippen molar-refractivity contribution in [1.82, 2.24) is 10.2 Å². The van der Waals surface area contributed by atoms with E-state index in [1.807, 2.05) is 6.92 Å². The molecule has 7 heteroatoms. The molecule has 176 valence electrons. The fraction of sp³-hybridized carbons (Fsp3) is 0.462. The molecule has 0 bridgehead atoms. The summed E-state index contributed by atoms with van der Waals surface area (Å²) >= 11 is 0. The van der Waals surface area contributed by atoms with Crippen LogP contribution in [-0.2, 0) is 16.0 Å². The van der Waals surface area contributed by atoms with Gasteiger partial charge in [0.05, 0.1) is 12.6 Å². The smallest absolute Gasteiger partial charge is 0.313 e. The fourth-order valence-corrected chi connectivity index (χ4v) is 4.78. The van der Waals surface area contributed by atoms with Crippen LogP contribution >= 0.6 is 0 Å². The van der Waals surface area contributed by atoms with Crippen molar-refractivity contribution in [2.75, 3.05) is 50.1 Å². The molecule has 0 aromatic heterocycles. The van der Waals surface area contributed by atoms with Crippen molar-refractivity contribution in [1.29, 1.82) is 0 Å². The molecule has 4 rings (SSSR count). The number of hydrogen-bond acceptors (Lipinski definition) is 5. The van der Waals surface area contributed by atoms with Crippen molar-refractivity contribution in [2.45, 2.75) is 38.6 Å². The highest BCUT2D eigenvalue weighted by molar-refractivity contribution is 6.39. The number of likely N-dealkylation sites (tertiary alicyclic amines) is 1. The Morgan fingerprint density at radius 2 is 1.76 bits per heavy atom. The van der Waals surface area contributed by atoms with Crippen LogP contribution in [-0.4, -0.2) is 56.5 Å². The molecular weight excluding hydrogens is 416 g/mol. The number of hydrogen-bond donors (Lipinski definition) is 2. The van der Waals surface area contributed by atoms with Crippen LogP contribution in [0.25, 0.3) is 0 Å². The summed E-state index contributed by atoms with van der Waals surface area (Å²) in [6, 6.07) is 13.7. The first-order valence-corrected chi connectivity index (χ1v) is 11.9. The molecule has 1 atom stereocenters. The van der Waals surface area contributed by atoms with Crippen molar-refractivity contribution >= 4 is 23.2 Å². The number of ether oxygens (including phenoxy) is 1. The zero-order chi connectivity index (χ0) is 23.2. The maximum absolute atomic E-state index is 12.6. The molecule has 1 fully saturated rings. The van der Waals surface area contributed by atoms with Gasteiger partial charge in [-0.2, -0.15) is 0 Å². The Labute approximate surface area is 196 Å². The number of rotatable bonds is 7. The molecule has 2 aliphatic heterocycles. The normalized spacial score (nSPS) is 16.7. The summed E-state index contributed by atoms with van der Waals surface area (Å²) in [4.78, 5) is 29.7. The van der Waals surface area contributed by atoms with E-state index in [-0.39, 0.29) is 6.04 Å².